The van der Waals surface area contributed by atoms with Crippen LogP contribution in [0.1, 0.15) is 53.1 Å². The number of carbonyl (C=O) groups excluding carboxylic acids is 1. The number of nitrogens with one attached hydrogen (secondary N) is 2. The normalized spacial score (nSPS) is 16.1. The number of carbonyl (C=O) groups is 1. The van der Waals surface area contributed by atoms with Gasteiger partial charge in [0, 0.05) is 12.1 Å². The fourth-order valence-corrected chi connectivity index (χ4v) is 3.45. The van der Waals surface area contributed by atoms with Crippen molar-refractivity contribution in [2.24, 2.45) is 0 Å². The molecular weight excluding hydrogens is 348 g/mol. The summed E-state index contributed by atoms with van der Waals surface area (Å²) >= 11 is 0. The fourth-order valence-electron chi connectivity index (χ4n) is 3.45. The van der Waals surface area contributed by atoms with Crippen LogP contribution in [0.2, 0.25) is 0 Å². The van der Waals surface area contributed by atoms with Crippen molar-refractivity contribution in [1.82, 2.24) is 20.4 Å². The molecule has 28 heavy (non-hydrogen) atoms. The molecule has 0 saturated carbocycles. The maximum absolute atomic E-state index is 12.3. The Bertz CT molecular complexity index is 971. The molecule has 3 aromatic rings. The summed E-state index contributed by atoms with van der Waals surface area (Å²) in [4.78, 5) is 12.3. The van der Waals surface area contributed by atoms with Gasteiger partial charge < -0.3 is 5.32 Å². The second kappa shape index (κ2) is 7.60. The molecule has 2 N–H and O–H groups in total. The van der Waals surface area contributed by atoms with E-state index in [1.54, 1.807) is 0 Å². The zero-order valence-electron chi connectivity index (χ0n) is 16.6. The predicted octanol–water partition coefficient (Wildman–Crippen LogP) is 4.01. The molecule has 0 aliphatic carbocycles. The minimum Gasteiger partial charge on any atom is -0.347 e. The van der Waals surface area contributed by atoms with Crippen molar-refractivity contribution in [2.75, 3.05) is 6.54 Å². The molecule has 1 aliphatic heterocycles. The zero-order chi connectivity index (χ0) is 19.7. The van der Waals surface area contributed by atoms with Gasteiger partial charge in [-0.25, -0.2) is 4.68 Å². The second-order valence-electron chi connectivity index (χ2n) is 7.73. The molecule has 5 heteroatoms. The summed E-state index contributed by atoms with van der Waals surface area (Å²) < 4.78 is 1.82. The average molecular weight is 374 g/mol. The van der Waals surface area contributed by atoms with Gasteiger partial charge in [-0.15, -0.1) is 0 Å². The Labute approximate surface area is 165 Å². The van der Waals surface area contributed by atoms with Crippen LogP contribution in [0.4, 0.5) is 0 Å². The van der Waals surface area contributed by atoms with E-state index in [0.29, 0.717) is 18.2 Å². The number of amides is 1. The number of aryl methyl sites for hydroxylation is 1. The lowest BCUT2D eigenvalue weighted by Crippen LogP contribution is -2.45. The lowest BCUT2D eigenvalue weighted by atomic mass is 10.0. The fraction of sp³-hybridized carbons (Fsp3) is 0.304. The molecule has 0 bridgehead atoms. The highest BCUT2D eigenvalue weighted by molar-refractivity contribution is 5.94. The van der Waals surface area contributed by atoms with Crippen molar-refractivity contribution < 1.29 is 4.79 Å². The Morgan fingerprint density at radius 3 is 2.54 bits per heavy atom. The summed E-state index contributed by atoms with van der Waals surface area (Å²) in [7, 11) is 0. The summed E-state index contributed by atoms with van der Waals surface area (Å²) in [6, 6.07) is 18.7. The maximum atomic E-state index is 12.3. The molecule has 1 aromatic heterocycles. The van der Waals surface area contributed by atoms with Gasteiger partial charge in [0.1, 0.15) is 11.9 Å². The van der Waals surface area contributed by atoms with E-state index in [1.165, 1.54) is 16.7 Å². The summed E-state index contributed by atoms with van der Waals surface area (Å²) in [6.07, 6.45) is -0.0725. The van der Waals surface area contributed by atoms with Gasteiger partial charge in [-0.1, -0.05) is 67.9 Å². The van der Waals surface area contributed by atoms with Gasteiger partial charge in [-0.3, -0.25) is 10.1 Å². The number of rotatable bonds is 5. The van der Waals surface area contributed by atoms with E-state index in [-0.39, 0.29) is 12.1 Å². The average Bonchev–Trinajstić information content (AvgIpc) is 3.15. The van der Waals surface area contributed by atoms with Gasteiger partial charge in [0.15, 0.2) is 0 Å². The molecule has 0 fully saturated rings. The quantitative estimate of drug-likeness (QED) is 0.709. The largest absolute Gasteiger partial charge is 0.347 e. The Morgan fingerprint density at radius 1 is 1.14 bits per heavy atom. The SMILES string of the molecule is Cc1ccc(-c2cc3n(n2)[C@@H](NCc2ccc(C(C)C)cc2)CNC3=O)cc1. The topological polar surface area (TPSA) is 59.0 Å². The summed E-state index contributed by atoms with van der Waals surface area (Å²) in [5.74, 6) is 0.451. The maximum Gasteiger partial charge on any atom is 0.269 e. The van der Waals surface area contributed by atoms with E-state index in [0.717, 1.165) is 17.8 Å². The van der Waals surface area contributed by atoms with Crippen LogP contribution in [0.3, 0.4) is 0 Å². The molecule has 4 rings (SSSR count). The van der Waals surface area contributed by atoms with Gasteiger partial charge in [0.2, 0.25) is 0 Å². The molecule has 0 spiro atoms. The molecule has 2 heterocycles. The first-order valence-electron chi connectivity index (χ1n) is 9.78. The van der Waals surface area contributed by atoms with Gasteiger partial charge >= 0.3 is 0 Å². The number of nitrogens with zero attached hydrogens (tertiary/aromatic N) is 2. The highest BCUT2D eigenvalue weighted by Gasteiger charge is 2.27. The Kier molecular flexibility index (Phi) is 5.01. The third-order valence-corrected chi connectivity index (χ3v) is 5.26. The molecule has 0 saturated heterocycles. The first-order chi connectivity index (χ1) is 13.5. The highest BCUT2D eigenvalue weighted by Crippen LogP contribution is 2.23. The summed E-state index contributed by atoms with van der Waals surface area (Å²) in [6.45, 7) is 7.69. The number of fused-ring (bicyclic) bond motifs is 1. The van der Waals surface area contributed by atoms with Gasteiger partial charge in [0.25, 0.3) is 5.91 Å². The first kappa shape index (κ1) is 18.4. The lowest BCUT2D eigenvalue weighted by Gasteiger charge is -2.26. The number of hydrogen-bond donors (Lipinski definition) is 2. The number of aromatic nitrogens is 2. The number of benzene rings is 2. The van der Waals surface area contributed by atoms with E-state index in [4.69, 9.17) is 5.10 Å². The highest BCUT2D eigenvalue weighted by atomic mass is 16.2. The number of hydrogen-bond acceptors (Lipinski definition) is 3. The Morgan fingerprint density at radius 2 is 1.86 bits per heavy atom. The molecule has 1 atom stereocenters. The van der Waals surface area contributed by atoms with Crippen LogP contribution in [0.25, 0.3) is 11.3 Å². The van der Waals surface area contributed by atoms with Crippen LogP contribution in [-0.4, -0.2) is 22.2 Å². The predicted molar refractivity (Wildman–Crippen MR) is 111 cm³/mol. The minimum atomic E-state index is -0.0785. The van der Waals surface area contributed by atoms with E-state index in [9.17, 15) is 4.79 Å². The van der Waals surface area contributed by atoms with Crippen LogP contribution in [0.15, 0.2) is 54.6 Å². The van der Waals surface area contributed by atoms with Crippen molar-refractivity contribution in [3.63, 3.8) is 0 Å². The van der Waals surface area contributed by atoms with Crippen LogP contribution in [-0.2, 0) is 6.54 Å². The third kappa shape index (κ3) is 3.71. The molecule has 2 aromatic carbocycles. The van der Waals surface area contributed by atoms with Crippen LogP contribution in [0, 0.1) is 6.92 Å². The molecule has 5 nitrogen and oxygen atoms in total. The van der Waals surface area contributed by atoms with Gasteiger partial charge in [-0.2, -0.15) is 5.10 Å². The third-order valence-electron chi connectivity index (χ3n) is 5.26. The minimum absolute atomic E-state index is 0.0725. The second-order valence-corrected chi connectivity index (χ2v) is 7.73. The summed E-state index contributed by atoms with van der Waals surface area (Å²) in [5.41, 5.74) is 6.19. The standard InChI is InChI=1S/C23H26N4O/c1-15(2)18-10-6-17(7-11-18)13-24-22-14-25-23(28)21-12-20(26-27(21)22)19-8-4-16(3)5-9-19/h4-12,15,22,24H,13-14H2,1-3H3,(H,25,28)/t22-/m1/s1. The lowest BCUT2D eigenvalue weighted by molar-refractivity contribution is 0.0900. The molecular formula is C23H26N4O. The molecule has 0 unspecified atom stereocenters. The van der Waals surface area contributed by atoms with E-state index < -0.39 is 0 Å². The zero-order valence-corrected chi connectivity index (χ0v) is 16.6. The van der Waals surface area contributed by atoms with Crippen molar-refractivity contribution >= 4 is 5.91 Å². The van der Waals surface area contributed by atoms with Crippen molar-refractivity contribution in [2.45, 2.75) is 39.4 Å². The monoisotopic (exact) mass is 374 g/mol. The Hall–Kier alpha value is -2.92. The van der Waals surface area contributed by atoms with Crippen molar-refractivity contribution in [3.05, 3.63) is 77.0 Å². The van der Waals surface area contributed by atoms with Crippen LogP contribution >= 0.6 is 0 Å². The summed E-state index contributed by atoms with van der Waals surface area (Å²) in [5, 5.41) is 11.2. The van der Waals surface area contributed by atoms with E-state index in [1.807, 2.05) is 22.9 Å². The molecule has 144 valence electrons. The van der Waals surface area contributed by atoms with Crippen LogP contribution in [0.5, 0.6) is 0 Å². The smallest absolute Gasteiger partial charge is 0.269 e. The Balaban J connectivity index is 1.53. The molecule has 0 radical (unpaired) electrons. The molecule has 1 aliphatic rings. The van der Waals surface area contributed by atoms with Gasteiger partial charge in [-0.05, 0) is 30.0 Å². The van der Waals surface area contributed by atoms with Gasteiger partial charge in [0.05, 0.1) is 12.2 Å². The van der Waals surface area contributed by atoms with Crippen molar-refractivity contribution in [1.29, 1.82) is 0 Å². The van der Waals surface area contributed by atoms with Crippen LogP contribution < -0.4 is 10.6 Å². The van der Waals surface area contributed by atoms with Crippen molar-refractivity contribution in [3.8, 4) is 11.3 Å². The van der Waals surface area contributed by atoms with E-state index in [2.05, 4.69) is 67.8 Å². The van der Waals surface area contributed by atoms with E-state index >= 15 is 0 Å². The first-order valence-corrected chi connectivity index (χ1v) is 9.78. The molecule has 1 amide bonds.